The van der Waals surface area contributed by atoms with Crippen LogP contribution in [0.15, 0.2) is 28.7 Å². The lowest BCUT2D eigenvalue weighted by atomic mass is 9.98. The Morgan fingerprint density at radius 1 is 1.33 bits per heavy atom. The van der Waals surface area contributed by atoms with Crippen LogP contribution >= 0.6 is 15.9 Å². The lowest BCUT2D eigenvalue weighted by Gasteiger charge is -2.11. The Morgan fingerprint density at radius 3 is 2.53 bits per heavy atom. The quantitative estimate of drug-likeness (QED) is 0.627. The lowest BCUT2D eigenvalue weighted by Crippen LogP contribution is -2.21. The van der Waals surface area contributed by atoms with Crippen LogP contribution in [0.4, 0.5) is 0 Å². The van der Waals surface area contributed by atoms with Crippen molar-refractivity contribution < 1.29 is 0 Å². The molecule has 0 radical (unpaired) electrons. The largest absolute Gasteiger partial charge is 0.321 e. The van der Waals surface area contributed by atoms with E-state index in [1.807, 2.05) is 12.1 Å². The van der Waals surface area contributed by atoms with E-state index in [2.05, 4.69) is 28.1 Å². The average Bonchev–Trinajstić information content (AvgIpc) is 2.61. The molecule has 0 bridgehead atoms. The number of hydrogen-bond donors (Lipinski definition) is 2. The molecule has 1 aliphatic heterocycles. The molecule has 3 nitrogen and oxygen atoms in total. The van der Waals surface area contributed by atoms with E-state index in [-0.39, 0.29) is 0 Å². The van der Waals surface area contributed by atoms with Crippen LogP contribution < -0.4 is 0 Å². The smallest absolute Gasteiger partial charge is 0.102 e. The second-order valence-corrected chi connectivity index (χ2v) is 4.60. The first-order valence-electron chi connectivity index (χ1n) is 4.81. The predicted octanol–water partition coefficient (Wildman–Crippen LogP) is 2.82. The van der Waals surface area contributed by atoms with E-state index in [1.54, 1.807) is 4.90 Å². The molecule has 1 aromatic carbocycles. The number of nitrogens with one attached hydrogen (secondary N) is 2. The molecular formula is C11H12BrN3. The van der Waals surface area contributed by atoms with Gasteiger partial charge in [0.15, 0.2) is 0 Å². The van der Waals surface area contributed by atoms with Crippen LogP contribution in [0.2, 0.25) is 0 Å². The zero-order chi connectivity index (χ0) is 10.8. The summed E-state index contributed by atoms with van der Waals surface area (Å²) >= 11 is 3.40. The molecule has 1 fully saturated rings. The SMILES string of the molecule is N=CN1CC(c2ccc(Br)cc2)CC1=N. The topological polar surface area (TPSA) is 50.9 Å². The normalized spacial score (nSPS) is 20.7. The maximum absolute atomic E-state index is 7.69. The number of benzene rings is 1. The molecule has 1 aromatic rings. The summed E-state index contributed by atoms with van der Waals surface area (Å²) in [6, 6.07) is 8.20. The van der Waals surface area contributed by atoms with Crippen LogP contribution in [0.1, 0.15) is 17.9 Å². The summed E-state index contributed by atoms with van der Waals surface area (Å²) in [6.07, 6.45) is 1.97. The van der Waals surface area contributed by atoms with Crippen molar-refractivity contribution in [2.24, 2.45) is 0 Å². The van der Waals surface area contributed by atoms with Crippen molar-refractivity contribution in [2.45, 2.75) is 12.3 Å². The third-order valence-electron chi connectivity index (χ3n) is 2.70. The van der Waals surface area contributed by atoms with E-state index in [9.17, 15) is 0 Å². The van der Waals surface area contributed by atoms with Crippen molar-refractivity contribution in [3.8, 4) is 0 Å². The number of likely N-dealkylation sites (tertiary alicyclic amines) is 1. The van der Waals surface area contributed by atoms with Gasteiger partial charge < -0.3 is 4.90 Å². The first kappa shape index (κ1) is 10.4. The molecule has 2 N–H and O–H groups in total. The third-order valence-corrected chi connectivity index (χ3v) is 3.23. The highest BCUT2D eigenvalue weighted by Gasteiger charge is 2.26. The highest BCUT2D eigenvalue weighted by atomic mass is 79.9. The summed E-state index contributed by atoms with van der Waals surface area (Å²) in [5.41, 5.74) is 1.24. The Morgan fingerprint density at radius 2 is 2.00 bits per heavy atom. The van der Waals surface area contributed by atoms with Gasteiger partial charge in [0.2, 0.25) is 0 Å². The minimum Gasteiger partial charge on any atom is -0.321 e. The molecule has 4 heteroatoms. The fourth-order valence-electron chi connectivity index (χ4n) is 1.85. The van der Waals surface area contributed by atoms with Gasteiger partial charge in [-0.25, -0.2) is 0 Å². The van der Waals surface area contributed by atoms with E-state index in [1.165, 1.54) is 11.9 Å². The molecule has 1 heterocycles. The second kappa shape index (κ2) is 4.14. The molecule has 78 valence electrons. The molecule has 2 rings (SSSR count). The van der Waals surface area contributed by atoms with Crippen molar-refractivity contribution in [1.29, 1.82) is 10.8 Å². The van der Waals surface area contributed by atoms with Crippen molar-refractivity contribution in [1.82, 2.24) is 4.90 Å². The van der Waals surface area contributed by atoms with Crippen molar-refractivity contribution >= 4 is 28.1 Å². The van der Waals surface area contributed by atoms with E-state index >= 15 is 0 Å². The molecule has 15 heavy (non-hydrogen) atoms. The minimum atomic E-state index is 0.354. The van der Waals surface area contributed by atoms with Crippen LogP contribution in [0, 0.1) is 10.8 Å². The Bertz CT molecular complexity index is 385. The van der Waals surface area contributed by atoms with E-state index in [0.29, 0.717) is 11.8 Å². The number of halogens is 1. The summed E-state index contributed by atoms with van der Waals surface area (Å²) in [7, 11) is 0. The van der Waals surface area contributed by atoms with Gasteiger partial charge in [0.25, 0.3) is 0 Å². The van der Waals surface area contributed by atoms with Gasteiger partial charge in [-0.1, -0.05) is 28.1 Å². The fourth-order valence-corrected chi connectivity index (χ4v) is 2.12. The first-order chi connectivity index (χ1) is 7.20. The summed E-state index contributed by atoms with van der Waals surface area (Å²) in [4.78, 5) is 1.69. The molecule has 1 aliphatic rings. The Balaban J connectivity index is 2.17. The van der Waals surface area contributed by atoms with Crippen LogP contribution in [0.3, 0.4) is 0 Å². The minimum absolute atomic E-state index is 0.354. The molecule has 1 saturated heterocycles. The van der Waals surface area contributed by atoms with Gasteiger partial charge in [-0.05, 0) is 17.7 Å². The zero-order valence-electron chi connectivity index (χ0n) is 8.20. The van der Waals surface area contributed by atoms with Gasteiger partial charge >= 0.3 is 0 Å². The Labute approximate surface area is 97.2 Å². The van der Waals surface area contributed by atoms with Gasteiger partial charge in [0.05, 0.1) is 6.34 Å². The zero-order valence-corrected chi connectivity index (χ0v) is 9.79. The summed E-state index contributed by atoms with van der Waals surface area (Å²) < 4.78 is 1.07. The molecular weight excluding hydrogens is 254 g/mol. The third kappa shape index (κ3) is 2.09. The summed E-state index contributed by atoms with van der Waals surface area (Å²) in [5, 5.41) is 14.9. The molecule has 0 aliphatic carbocycles. The maximum atomic E-state index is 7.69. The Hall–Kier alpha value is -1.16. The second-order valence-electron chi connectivity index (χ2n) is 3.68. The van der Waals surface area contributed by atoms with Crippen LogP contribution in [-0.4, -0.2) is 23.6 Å². The monoisotopic (exact) mass is 265 g/mol. The number of rotatable bonds is 2. The van der Waals surface area contributed by atoms with Gasteiger partial charge in [0.1, 0.15) is 5.84 Å². The lowest BCUT2D eigenvalue weighted by molar-refractivity contribution is 0.615. The van der Waals surface area contributed by atoms with Crippen LogP contribution in [0.5, 0.6) is 0 Å². The summed E-state index contributed by atoms with van der Waals surface area (Å²) in [5.74, 6) is 0.894. The summed E-state index contributed by atoms with van der Waals surface area (Å²) in [6.45, 7) is 0.754. The van der Waals surface area contributed by atoms with Gasteiger partial charge in [-0.3, -0.25) is 10.8 Å². The van der Waals surface area contributed by atoms with E-state index in [0.717, 1.165) is 17.4 Å². The number of hydrogen-bond acceptors (Lipinski definition) is 2. The van der Waals surface area contributed by atoms with E-state index in [4.69, 9.17) is 10.8 Å². The van der Waals surface area contributed by atoms with Gasteiger partial charge in [-0.2, -0.15) is 0 Å². The molecule has 0 amide bonds. The van der Waals surface area contributed by atoms with Crippen LogP contribution in [0.25, 0.3) is 0 Å². The number of amidine groups is 1. The first-order valence-corrected chi connectivity index (χ1v) is 5.60. The van der Waals surface area contributed by atoms with Gasteiger partial charge in [0, 0.05) is 23.4 Å². The van der Waals surface area contributed by atoms with Gasteiger partial charge in [-0.15, -0.1) is 0 Å². The highest BCUT2D eigenvalue weighted by molar-refractivity contribution is 9.10. The van der Waals surface area contributed by atoms with Crippen molar-refractivity contribution in [3.05, 3.63) is 34.3 Å². The maximum Gasteiger partial charge on any atom is 0.102 e. The van der Waals surface area contributed by atoms with Crippen molar-refractivity contribution in [3.63, 3.8) is 0 Å². The molecule has 0 saturated carbocycles. The van der Waals surface area contributed by atoms with Crippen molar-refractivity contribution in [2.75, 3.05) is 6.54 Å². The molecule has 0 aromatic heterocycles. The molecule has 0 spiro atoms. The highest BCUT2D eigenvalue weighted by Crippen LogP contribution is 2.28. The van der Waals surface area contributed by atoms with Crippen LogP contribution in [-0.2, 0) is 0 Å². The standard InChI is InChI=1S/C11H12BrN3/c12-10-3-1-8(2-4-10)9-5-11(14)15(6-9)7-13/h1-4,7,9,13-14H,5-6H2. The fraction of sp³-hybridized carbons (Fsp3) is 0.273. The average molecular weight is 266 g/mol. The van der Waals surface area contributed by atoms with E-state index < -0.39 is 0 Å². The Kier molecular flexibility index (Phi) is 2.86. The number of nitrogens with zero attached hydrogens (tertiary/aromatic N) is 1. The molecule has 1 atom stereocenters. The molecule has 1 unspecified atom stereocenters. The predicted molar refractivity (Wildman–Crippen MR) is 64.7 cm³/mol.